The number of ether oxygens (including phenoxy) is 2. The van der Waals surface area contributed by atoms with E-state index < -0.39 is 17.9 Å². The summed E-state index contributed by atoms with van der Waals surface area (Å²) in [4.78, 5) is 35.2. The van der Waals surface area contributed by atoms with Crippen molar-refractivity contribution < 1.29 is 23.9 Å². The van der Waals surface area contributed by atoms with Crippen LogP contribution in [0.5, 0.6) is 5.75 Å². The molecule has 2 aromatic carbocycles. The molecule has 28 heavy (non-hydrogen) atoms. The molecule has 0 amide bonds. The maximum absolute atomic E-state index is 12.6. The molecule has 0 aliphatic heterocycles. The minimum absolute atomic E-state index is 0.210. The zero-order chi connectivity index (χ0) is 20.5. The van der Waals surface area contributed by atoms with Gasteiger partial charge in [0.15, 0.2) is 0 Å². The molecule has 0 spiro atoms. The fraction of sp³-hybridized carbons (Fsp3) is 0.348. The lowest BCUT2D eigenvalue weighted by molar-refractivity contribution is -0.135. The molecule has 0 saturated heterocycles. The fourth-order valence-electron chi connectivity index (χ4n) is 2.87. The van der Waals surface area contributed by atoms with Crippen LogP contribution in [0, 0.1) is 0 Å². The SMILES string of the molecule is CCCCc1ccc(C(=O)Oc2ccc(C(=O)OC(C)=O)cc2)c(CCC)c1. The summed E-state index contributed by atoms with van der Waals surface area (Å²) >= 11 is 0. The highest BCUT2D eigenvalue weighted by molar-refractivity contribution is 5.96. The van der Waals surface area contributed by atoms with E-state index in [1.165, 1.54) is 29.8 Å². The third-order valence-corrected chi connectivity index (χ3v) is 4.26. The van der Waals surface area contributed by atoms with Gasteiger partial charge in [-0.15, -0.1) is 0 Å². The van der Waals surface area contributed by atoms with Crippen LogP contribution in [0.25, 0.3) is 0 Å². The minimum atomic E-state index is -0.738. The lowest BCUT2D eigenvalue weighted by atomic mass is 9.98. The summed E-state index contributed by atoms with van der Waals surface area (Å²) in [7, 11) is 0. The molecule has 0 N–H and O–H groups in total. The van der Waals surface area contributed by atoms with E-state index in [1.807, 2.05) is 12.1 Å². The second-order valence-electron chi connectivity index (χ2n) is 6.64. The van der Waals surface area contributed by atoms with Crippen LogP contribution >= 0.6 is 0 Å². The first kappa shape index (κ1) is 21.4. The van der Waals surface area contributed by atoms with Gasteiger partial charge in [0.1, 0.15) is 5.75 Å². The number of esters is 3. The van der Waals surface area contributed by atoms with Crippen LogP contribution in [0.15, 0.2) is 42.5 Å². The Balaban J connectivity index is 2.13. The average Bonchev–Trinajstić information content (AvgIpc) is 2.66. The molecule has 0 saturated carbocycles. The minimum Gasteiger partial charge on any atom is -0.423 e. The van der Waals surface area contributed by atoms with Crippen molar-refractivity contribution >= 4 is 17.9 Å². The van der Waals surface area contributed by atoms with Gasteiger partial charge in [0.25, 0.3) is 0 Å². The van der Waals surface area contributed by atoms with Crippen molar-refractivity contribution in [3.8, 4) is 5.75 Å². The Morgan fingerprint density at radius 1 is 0.857 bits per heavy atom. The van der Waals surface area contributed by atoms with Gasteiger partial charge < -0.3 is 9.47 Å². The number of carbonyl (C=O) groups excluding carboxylic acids is 3. The summed E-state index contributed by atoms with van der Waals surface area (Å²) in [6.45, 7) is 5.39. The van der Waals surface area contributed by atoms with Crippen molar-refractivity contribution in [2.24, 2.45) is 0 Å². The molecular formula is C23H26O5. The second kappa shape index (κ2) is 10.4. The summed E-state index contributed by atoms with van der Waals surface area (Å²) in [6.07, 6.45) is 4.99. The van der Waals surface area contributed by atoms with E-state index in [-0.39, 0.29) is 5.56 Å². The molecule has 0 unspecified atom stereocenters. The number of hydrogen-bond donors (Lipinski definition) is 0. The van der Waals surface area contributed by atoms with Crippen LogP contribution in [-0.4, -0.2) is 17.9 Å². The van der Waals surface area contributed by atoms with E-state index in [2.05, 4.69) is 24.7 Å². The Kier molecular flexibility index (Phi) is 7.93. The summed E-state index contributed by atoms with van der Waals surface area (Å²) < 4.78 is 9.99. The van der Waals surface area contributed by atoms with Crippen molar-refractivity contribution in [1.29, 1.82) is 0 Å². The summed E-state index contributed by atoms with van der Waals surface area (Å²) in [5, 5.41) is 0. The smallest absolute Gasteiger partial charge is 0.345 e. The normalized spacial score (nSPS) is 10.4. The van der Waals surface area contributed by atoms with Gasteiger partial charge in [-0.1, -0.05) is 38.8 Å². The predicted octanol–water partition coefficient (Wildman–Crippen LogP) is 4.90. The Hall–Kier alpha value is -2.95. The van der Waals surface area contributed by atoms with Crippen LogP contribution < -0.4 is 4.74 Å². The first-order valence-electron chi connectivity index (χ1n) is 9.61. The first-order valence-corrected chi connectivity index (χ1v) is 9.61. The molecule has 0 bridgehead atoms. The number of carbonyl (C=O) groups is 3. The van der Waals surface area contributed by atoms with E-state index in [0.29, 0.717) is 11.3 Å². The van der Waals surface area contributed by atoms with Crippen LogP contribution in [0.1, 0.15) is 71.9 Å². The number of benzene rings is 2. The van der Waals surface area contributed by atoms with Crippen LogP contribution in [0.2, 0.25) is 0 Å². The molecule has 0 radical (unpaired) electrons. The van der Waals surface area contributed by atoms with E-state index in [9.17, 15) is 14.4 Å². The molecule has 2 aromatic rings. The molecule has 0 aliphatic carbocycles. The van der Waals surface area contributed by atoms with Crippen LogP contribution in [0.3, 0.4) is 0 Å². The number of rotatable bonds is 8. The number of hydrogen-bond acceptors (Lipinski definition) is 5. The van der Waals surface area contributed by atoms with Crippen molar-refractivity contribution in [1.82, 2.24) is 0 Å². The largest absolute Gasteiger partial charge is 0.423 e. The highest BCUT2D eigenvalue weighted by Crippen LogP contribution is 2.20. The maximum atomic E-state index is 12.6. The van der Waals surface area contributed by atoms with Gasteiger partial charge in [0, 0.05) is 6.92 Å². The third-order valence-electron chi connectivity index (χ3n) is 4.26. The molecule has 148 valence electrons. The topological polar surface area (TPSA) is 69.7 Å². The quantitative estimate of drug-likeness (QED) is 0.369. The van der Waals surface area contributed by atoms with Crippen LogP contribution in [0.4, 0.5) is 0 Å². The van der Waals surface area contributed by atoms with Crippen molar-refractivity contribution in [3.05, 3.63) is 64.7 Å². The van der Waals surface area contributed by atoms with E-state index in [4.69, 9.17) is 4.74 Å². The molecule has 0 fully saturated rings. The summed E-state index contributed by atoms with van der Waals surface area (Å²) in [5.41, 5.74) is 2.99. The molecule has 0 atom stereocenters. The zero-order valence-electron chi connectivity index (χ0n) is 16.6. The Bertz CT molecular complexity index is 837. The number of unbranched alkanes of at least 4 members (excludes halogenated alkanes) is 1. The Morgan fingerprint density at radius 2 is 1.57 bits per heavy atom. The van der Waals surface area contributed by atoms with Gasteiger partial charge in [0.2, 0.25) is 0 Å². The molecule has 0 heterocycles. The van der Waals surface area contributed by atoms with Gasteiger partial charge in [-0.3, -0.25) is 4.79 Å². The zero-order valence-corrected chi connectivity index (χ0v) is 16.6. The lowest BCUT2D eigenvalue weighted by Gasteiger charge is -2.11. The Morgan fingerprint density at radius 3 is 2.18 bits per heavy atom. The number of aryl methyl sites for hydroxylation is 2. The summed E-state index contributed by atoms with van der Waals surface area (Å²) in [6, 6.07) is 11.8. The lowest BCUT2D eigenvalue weighted by Crippen LogP contribution is -2.12. The molecule has 0 aliphatic rings. The van der Waals surface area contributed by atoms with E-state index in [1.54, 1.807) is 0 Å². The van der Waals surface area contributed by atoms with Crippen molar-refractivity contribution in [2.75, 3.05) is 0 Å². The predicted molar refractivity (Wildman–Crippen MR) is 107 cm³/mol. The van der Waals surface area contributed by atoms with E-state index >= 15 is 0 Å². The Labute approximate surface area is 165 Å². The molecule has 0 aromatic heterocycles. The molecule has 2 rings (SSSR count). The average molecular weight is 382 g/mol. The van der Waals surface area contributed by atoms with Gasteiger partial charge in [-0.25, -0.2) is 9.59 Å². The maximum Gasteiger partial charge on any atom is 0.345 e. The molecule has 5 heteroatoms. The highest BCUT2D eigenvalue weighted by atomic mass is 16.6. The van der Waals surface area contributed by atoms with Gasteiger partial charge in [-0.2, -0.15) is 0 Å². The van der Waals surface area contributed by atoms with E-state index in [0.717, 1.165) is 44.6 Å². The van der Waals surface area contributed by atoms with Gasteiger partial charge in [0.05, 0.1) is 11.1 Å². The fourth-order valence-corrected chi connectivity index (χ4v) is 2.87. The van der Waals surface area contributed by atoms with Crippen molar-refractivity contribution in [2.45, 2.75) is 52.9 Å². The molecular weight excluding hydrogens is 356 g/mol. The second-order valence-corrected chi connectivity index (χ2v) is 6.64. The molecule has 5 nitrogen and oxygen atoms in total. The van der Waals surface area contributed by atoms with Gasteiger partial charge >= 0.3 is 17.9 Å². The highest BCUT2D eigenvalue weighted by Gasteiger charge is 2.15. The van der Waals surface area contributed by atoms with Crippen molar-refractivity contribution in [3.63, 3.8) is 0 Å². The van der Waals surface area contributed by atoms with Gasteiger partial charge in [-0.05, 0) is 60.7 Å². The summed E-state index contributed by atoms with van der Waals surface area (Å²) in [5.74, 6) is -1.52. The first-order chi connectivity index (χ1) is 13.4. The third kappa shape index (κ3) is 6.05. The standard InChI is InChI=1S/C23H26O5/c1-4-6-8-17-9-14-21(19(15-17)7-5-2)23(26)28-20-12-10-18(11-13-20)22(25)27-16(3)24/h9-15H,4-8H2,1-3H3. The monoisotopic (exact) mass is 382 g/mol. The van der Waals surface area contributed by atoms with Crippen LogP contribution in [-0.2, 0) is 22.4 Å².